The maximum Gasteiger partial charge on any atom is 0.220 e. The molecule has 3 atom stereocenters. The van der Waals surface area contributed by atoms with Crippen molar-refractivity contribution in [1.29, 1.82) is 0 Å². The second-order valence-electron chi connectivity index (χ2n) is 6.81. The standard InChI is InChI=1S/C16H27N5O.2ClH/c1-11(13-5-3-7-17-10-13)9-15(22)18-12(2)16-20-19-14-6-4-8-21(14)16;;/h11-13,17H,3-10H2,1-2H3,(H,18,22);2*1H. The van der Waals surface area contributed by atoms with E-state index in [1.54, 1.807) is 0 Å². The molecule has 0 spiro atoms. The number of piperidine rings is 1. The Hall–Kier alpha value is -0.850. The van der Waals surface area contributed by atoms with Crippen LogP contribution in [0.5, 0.6) is 0 Å². The SMILES string of the molecule is CC(NC(=O)CC(C)C1CCCNC1)c1nnc2n1CCC2.Cl.Cl. The maximum absolute atomic E-state index is 12.3. The summed E-state index contributed by atoms with van der Waals surface area (Å²) in [4.78, 5) is 12.3. The number of aromatic nitrogens is 3. The number of rotatable bonds is 5. The lowest BCUT2D eigenvalue weighted by Crippen LogP contribution is -2.36. The van der Waals surface area contributed by atoms with Gasteiger partial charge < -0.3 is 15.2 Å². The average Bonchev–Trinajstić information content (AvgIpc) is 3.10. The summed E-state index contributed by atoms with van der Waals surface area (Å²) >= 11 is 0. The van der Waals surface area contributed by atoms with Gasteiger partial charge in [0.15, 0.2) is 5.82 Å². The fraction of sp³-hybridized carbons (Fsp3) is 0.812. The van der Waals surface area contributed by atoms with Crippen molar-refractivity contribution >= 4 is 30.7 Å². The van der Waals surface area contributed by atoms with E-state index in [1.807, 2.05) is 6.92 Å². The summed E-state index contributed by atoms with van der Waals surface area (Å²) in [6.07, 6.45) is 5.18. The van der Waals surface area contributed by atoms with Crippen LogP contribution < -0.4 is 10.6 Å². The second-order valence-corrected chi connectivity index (χ2v) is 6.81. The largest absolute Gasteiger partial charge is 0.346 e. The predicted molar refractivity (Wildman–Crippen MR) is 98.8 cm³/mol. The van der Waals surface area contributed by atoms with Gasteiger partial charge in [-0.25, -0.2) is 0 Å². The number of hydrogen-bond donors (Lipinski definition) is 2. The number of halogens is 2. The van der Waals surface area contributed by atoms with Crippen LogP contribution in [0.15, 0.2) is 0 Å². The zero-order valence-electron chi connectivity index (χ0n) is 14.5. The monoisotopic (exact) mass is 377 g/mol. The Morgan fingerprint density at radius 3 is 2.83 bits per heavy atom. The van der Waals surface area contributed by atoms with Gasteiger partial charge in [0.2, 0.25) is 5.91 Å². The molecule has 0 bridgehead atoms. The molecule has 0 aliphatic carbocycles. The van der Waals surface area contributed by atoms with Gasteiger partial charge in [0.1, 0.15) is 5.82 Å². The highest BCUT2D eigenvalue weighted by Crippen LogP contribution is 2.23. The van der Waals surface area contributed by atoms with Crippen molar-refractivity contribution < 1.29 is 4.79 Å². The van der Waals surface area contributed by atoms with Crippen LogP contribution in [0.2, 0.25) is 0 Å². The Bertz CT molecular complexity index is 531. The first-order chi connectivity index (χ1) is 10.6. The second kappa shape index (κ2) is 9.59. The van der Waals surface area contributed by atoms with Crippen molar-refractivity contribution in [2.24, 2.45) is 11.8 Å². The fourth-order valence-electron chi connectivity index (χ4n) is 3.68. The van der Waals surface area contributed by atoms with Crippen molar-refractivity contribution in [3.05, 3.63) is 11.6 Å². The molecule has 3 unspecified atom stereocenters. The molecule has 3 heterocycles. The zero-order chi connectivity index (χ0) is 15.5. The van der Waals surface area contributed by atoms with Crippen LogP contribution in [0.25, 0.3) is 0 Å². The number of nitrogens with one attached hydrogen (secondary N) is 2. The van der Waals surface area contributed by atoms with Gasteiger partial charge in [-0.3, -0.25) is 4.79 Å². The minimum Gasteiger partial charge on any atom is -0.346 e. The normalized spacial score (nSPS) is 21.8. The third kappa shape index (κ3) is 4.83. The number of nitrogens with zero attached hydrogens (tertiary/aromatic N) is 3. The van der Waals surface area contributed by atoms with E-state index >= 15 is 0 Å². The van der Waals surface area contributed by atoms with Gasteiger partial charge >= 0.3 is 0 Å². The lowest BCUT2D eigenvalue weighted by Gasteiger charge is -2.28. The molecular formula is C16H29Cl2N5O. The lowest BCUT2D eigenvalue weighted by atomic mass is 9.85. The molecule has 2 aliphatic rings. The number of carbonyl (C=O) groups excluding carboxylic acids is 1. The van der Waals surface area contributed by atoms with E-state index < -0.39 is 0 Å². The van der Waals surface area contributed by atoms with Gasteiger partial charge in [-0.15, -0.1) is 35.0 Å². The van der Waals surface area contributed by atoms with E-state index in [9.17, 15) is 4.79 Å². The molecule has 3 rings (SSSR count). The van der Waals surface area contributed by atoms with E-state index in [0.717, 1.165) is 44.1 Å². The highest BCUT2D eigenvalue weighted by molar-refractivity contribution is 5.85. The molecule has 0 radical (unpaired) electrons. The van der Waals surface area contributed by atoms with E-state index in [-0.39, 0.29) is 36.8 Å². The van der Waals surface area contributed by atoms with Crippen LogP contribution in [-0.4, -0.2) is 33.8 Å². The van der Waals surface area contributed by atoms with Gasteiger partial charge in [-0.05, 0) is 51.1 Å². The molecule has 0 saturated carbocycles. The van der Waals surface area contributed by atoms with Crippen LogP contribution in [0.1, 0.15) is 57.2 Å². The minimum atomic E-state index is -0.0662. The first kappa shape index (κ1) is 21.2. The third-order valence-electron chi connectivity index (χ3n) is 5.05. The van der Waals surface area contributed by atoms with Gasteiger partial charge in [0.25, 0.3) is 0 Å². The molecule has 8 heteroatoms. The van der Waals surface area contributed by atoms with E-state index in [4.69, 9.17) is 0 Å². The Morgan fingerprint density at radius 2 is 2.12 bits per heavy atom. The molecule has 1 amide bonds. The van der Waals surface area contributed by atoms with Crippen LogP contribution in [0.4, 0.5) is 0 Å². The Kier molecular flexibility index (Phi) is 8.46. The van der Waals surface area contributed by atoms with Gasteiger partial charge in [-0.2, -0.15) is 0 Å². The van der Waals surface area contributed by atoms with E-state index in [1.165, 1.54) is 12.8 Å². The van der Waals surface area contributed by atoms with Crippen molar-refractivity contribution in [3.8, 4) is 0 Å². The van der Waals surface area contributed by atoms with Crippen molar-refractivity contribution in [2.75, 3.05) is 13.1 Å². The summed E-state index contributed by atoms with van der Waals surface area (Å²) in [5.74, 6) is 3.11. The first-order valence-corrected chi connectivity index (χ1v) is 8.57. The molecule has 1 fully saturated rings. The van der Waals surface area contributed by atoms with Crippen LogP contribution in [0, 0.1) is 11.8 Å². The minimum absolute atomic E-state index is 0. The zero-order valence-corrected chi connectivity index (χ0v) is 16.1. The van der Waals surface area contributed by atoms with Gasteiger partial charge in [0, 0.05) is 19.4 Å². The number of hydrogen-bond acceptors (Lipinski definition) is 4. The van der Waals surface area contributed by atoms with Crippen molar-refractivity contribution in [1.82, 2.24) is 25.4 Å². The molecule has 24 heavy (non-hydrogen) atoms. The Labute approximate surface area is 156 Å². The molecule has 138 valence electrons. The van der Waals surface area contributed by atoms with Gasteiger partial charge in [-0.1, -0.05) is 6.92 Å². The third-order valence-corrected chi connectivity index (χ3v) is 5.05. The van der Waals surface area contributed by atoms with Crippen molar-refractivity contribution in [3.63, 3.8) is 0 Å². The molecule has 1 aromatic heterocycles. The van der Waals surface area contributed by atoms with E-state index in [0.29, 0.717) is 18.3 Å². The molecule has 2 N–H and O–H groups in total. The quantitative estimate of drug-likeness (QED) is 0.825. The summed E-state index contributed by atoms with van der Waals surface area (Å²) in [5.41, 5.74) is 0. The molecule has 2 aliphatic heterocycles. The number of amides is 1. The first-order valence-electron chi connectivity index (χ1n) is 8.57. The highest BCUT2D eigenvalue weighted by atomic mass is 35.5. The Morgan fingerprint density at radius 1 is 1.33 bits per heavy atom. The molecule has 1 saturated heterocycles. The lowest BCUT2D eigenvalue weighted by molar-refractivity contribution is -0.123. The highest BCUT2D eigenvalue weighted by Gasteiger charge is 2.25. The topological polar surface area (TPSA) is 71.8 Å². The number of fused-ring (bicyclic) bond motifs is 1. The molecule has 0 aromatic carbocycles. The number of carbonyl (C=O) groups is 1. The predicted octanol–water partition coefficient (Wildman–Crippen LogP) is 2.27. The fourth-order valence-corrected chi connectivity index (χ4v) is 3.68. The Balaban J connectivity index is 0.00000144. The van der Waals surface area contributed by atoms with E-state index in [2.05, 4.69) is 32.3 Å². The van der Waals surface area contributed by atoms with Gasteiger partial charge in [0.05, 0.1) is 6.04 Å². The van der Waals surface area contributed by atoms with Crippen molar-refractivity contribution in [2.45, 2.75) is 58.5 Å². The average molecular weight is 378 g/mol. The molecule has 6 nitrogen and oxygen atoms in total. The smallest absolute Gasteiger partial charge is 0.220 e. The number of aryl methyl sites for hydroxylation is 1. The molecular weight excluding hydrogens is 349 g/mol. The summed E-state index contributed by atoms with van der Waals surface area (Å²) in [5, 5.41) is 15.0. The summed E-state index contributed by atoms with van der Waals surface area (Å²) in [6, 6.07) is -0.0662. The maximum atomic E-state index is 12.3. The summed E-state index contributed by atoms with van der Waals surface area (Å²) in [6.45, 7) is 7.32. The van der Waals surface area contributed by atoms with Crippen LogP contribution in [0.3, 0.4) is 0 Å². The molecule has 1 aromatic rings. The summed E-state index contributed by atoms with van der Waals surface area (Å²) in [7, 11) is 0. The van der Waals surface area contributed by atoms with Crippen LogP contribution >= 0.6 is 24.8 Å². The van der Waals surface area contributed by atoms with Crippen LogP contribution in [-0.2, 0) is 17.8 Å². The summed E-state index contributed by atoms with van der Waals surface area (Å²) < 4.78 is 2.15.